The van der Waals surface area contributed by atoms with E-state index in [4.69, 9.17) is 4.74 Å². The molecule has 0 unspecified atom stereocenters. The van der Waals surface area contributed by atoms with Crippen LogP contribution in [0, 0.1) is 15.9 Å². The van der Waals surface area contributed by atoms with Gasteiger partial charge in [-0.1, -0.05) is 0 Å². The molecule has 1 fully saturated rings. The van der Waals surface area contributed by atoms with E-state index in [0.717, 1.165) is 12.1 Å². The Balaban J connectivity index is 1.94. The number of benzene rings is 1. The molecule has 1 N–H and O–H groups in total. The fraction of sp³-hybridized carbons (Fsp3) is 0.571. The molecule has 1 heterocycles. The van der Waals surface area contributed by atoms with Crippen molar-refractivity contribution in [2.24, 2.45) is 0 Å². The van der Waals surface area contributed by atoms with Crippen molar-refractivity contribution in [2.45, 2.75) is 26.1 Å². The Morgan fingerprint density at radius 3 is 2.54 bits per heavy atom. The number of morpholine rings is 1. The number of nitrogens with one attached hydrogen (secondary N) is 1. The second-order valence-electron chi connectivity index (χ2n) is 5.74. The van der Waals surface area contributed by atoms with Gasteiger partial charge in [0, 0.05) is 25.7 Å². The highest BCUT2D eigenvalue weighted by atomic mass is 32.2. The molecule has 8 nitrogen and oxygen atoms in total. The molecule has 1 aliphatic rings. The van der Waals surface area contributed by atoms with Crippen LogP contribution in [0.2, 0.25) is 0 Å². The Morgan fingerprint density at radius 2 is 2.00 bits per heavy atom. The van der Waals surface area contributed by atoms with Crippen LogP contribution >= 0.6 is 0 Å². The zero-order valence-corrected chi connectivity index (χ0v) is 14.3. The number of sulfonamides is 1. The molecule has 0 saturated carbocycles. The van der Waals surface area contributed by atoms with Gasteiger partial charge >= 0.3 is 0 Å². The number of rotatable bonds is 6. The van der Waals surface area contributed by atoms with Gasteiger partial charge in [0.15, 0.2) is 5.82 Å². The van der Waals surface area contributed by atoms with Crippen LogP contribution in [0.25, 0.3) is 0 Å². The lowest BCUT2D eigenvalue weighted by molar-refractivity contribution is -0.385. The van der Waals surface area contributed by atoms with Crippen LogP contribution in [0.5, 0.6) is 0 Å². The smallest absolute Gasteiger partial charge is 0.272 e. The van der Waals surface area contributed by atoms with E-state index in [1.165, 1.54) is 10.4 Å². The Morgan fingerprint density at radius 1 is 1.38 bits per heavy atom. The number of nitro benzene ring substituents is 1. The number of anilines is 1. The topological polar surface area (TPSA) is 102 Å². The van der Waals surface area contributed by atoms with Gasteiger partial charge in [0.25, 0.3) is 5.69 Å². The van der Waals surface area contributed by atoms with Crippen molar-refractivity contribution in [1.29, 1.82) is 0 Å². The zero-order chi connectivity index (χ0) is 17.9. The quantitative estimate of drug-likeness (QED) is 0.610. The Bertz CT molecular complexity index is 702. The molecule has 0 aromatic heterocycles. The van der Waals surface area contributed by atoms with Gasteiger partial charge < -0.3 is 10.1 Å². The summed E-state index contributed by atoms with van der Waals surface area (Å²) in [6, 6.07) is 3.17. The molecule has 0 bridgehead atoms. The van der Waals surface area contributed by atoms with Gasteiger partial charge in [0.1, 0.15) is 0 Å². The fourth-order valence-corrected chi connectivity index (χ4v) is 4.05. The lowest BCUT2D eigenvalue weighted by Crippen LogP contribution is -2.49. The summed E-state index contributed by atoms with van der Waals surface area (Å²) in [5.41, 5.74) is -0.332. The largest absolute Gasteiger partial charge is 0.382 e. The molecule has 134 valence electrons. The minimum Gasteiger partial charge on any atom is -0.382 e. The second kappa shape index (κ2) is 7.41. The minimum absolute atomic E-state index is 0.00279. The average molecular weight is 361 g/mol. The summed E-state index contributed by atoms with van der Waals surface area (Å²) in [5, 5.41) is 13.2. The lowest BCUT2D eigenvalue weighted by atomic mass is 10.2. The van der Waals surface area contributed by atoms with Gasteiger partial charge in [0.2, 0.25) is 10.0 Å². The maximum absolute atomic E-state index is 13.7. The minimum atomic E-state index is -3.49. The normalized spacial score (nSPS) is 22.3. The van der Waals surface area contributed by atoms with Gasteiger partial charge in [-0.15, -0.1) is 0 Å². The number of nitrogens with zero attached hydrogens (tertiary/aromatic N) is 2. The number of hydrogen-bond donors (Lipinski definition) is 1. The maximum Gasteiger partial charge on any atom is 0.272 e. The van der Waals surface area contributed by atoms with Crippen LogP contribution in [0.1, 0.15) is 13.8 Å². The Labute approximate surface area is 139 Å². The summed E-state index contributed by atoms with van der Waals surface area (Å²) in [6.45, 7) is 4.19. The summed E-state index contributed by atoms with van der Waals surface area (Å²) in [4.78, 5) is 9.87. The van der Waals surface area contributed by atoms with E-state index in [0.29, 0.717) is 13.1 Å². The van der Waals surface area contributed by atoms with Crippen molar-refractivity contribution in [1.82, 2.24) is 4.31 Å². The molecule has 24 heavy (non-hydrogen) atoms. The zero-order valence-electron chi connectivity index (χ0n) is 13.4. The third-order valence-corrected chi connectivity index (χ3v) is 5.42. The molecule has 1 aromatic carbocycles. The molecule has 1 aromatic rings. The van der Waals surface area contributed by atoms with Gasteiger partial charge in [-0.2, -0.15) is 4.31 Å². The van der Waals surface area contributed by atoms with Crippen molar-refractivity contribution in [3.63, 3.8) is 0 Å². The molecule has 0 radical (unpaired) electrons. The van der Waals surface area contributed by atoms with E-state index in [9.17, 15) is 22.9 Å². The second-order valence-corrected chi connectivity index (χ2v) is 7.83. The highest BCUT2D eigenvalue weighted by Gasteiger charge is 2.30. The number of hydrogen-bond acceptors (Lipinski definition) is 6. The summed E-state index contributed by atoms with van der Waals surface area (Å²) < 4.78 is 45.3. The molecule has 2 rings (SSSR count). The first kappa shape index (κ1) is 18.6. The molecular formula is C14H20FN3O5S. The van der Waals surface area contributed by atoms with Gasteiger partial charge in [-0.05, 0) is 19.9 Å². The van der Waals surface area contributed by atoms with Crippen molar-refractivity contribution in [3.8, 4) is 0 Å². The highest BCUT2D eigenvalue weighted by molar-refractivity contribution is 7.89. The van der Waals surface area contributed by atoms with Gasteiger partial charge in [-0.25, -0.2) is 12.8 Å². The first-order valence-electron chi connectivity index (χ1n) is 7.50. The van der Waals surface area contributed by atoms with Crippen LogP contribution in [0.4, 0.5) is 15.8 Å². The third kappa shape index (κ3) is 4.62. The fourth-order valence-electron chi connectivity index (χ4n) is 2.56. The highest BCUT2D eigenvalue weighted by Crippen LogP contribution is 2.20. The molecule has 0 spiro atoms. The molecule has 1 aliphatic heterocycles. The van der Waals surface area contributed by atoms with E-state index in [1.54, 1.807) is 0 Å². The van der Waals surface area contributed by atoms with Gasteiger partial charge in [0.05, 0.1) is 34.6 Å². The molecule has 0 amide bonds. The van der Waals surface area contributed by atoms with E-state index in [2.05, 4.69) is 5.32 Å². The molecule has 10 heteroatoms. The predicted molar refractivity (Wildman–Crippen MR) is 86.9 cm³/mol. The van der Waals surface area contributed by atoms with Crippen LogP contribution in [0.15, 0.2) is 18.2 Å². The average Bonchev–Trinajstić information content (AvgIpc) is 2.47. The first-order chi connectivity index (χ1) is 11.2. The molecule has 0 aliphatic carbocycles. The monoisotopic (exact) mass is 361 g/mol. The summed E-state index contributed by atoms with van der Waals surface area (Å²) in [5.74, 6) is -1.00. The standard InChI is InChI=1S/C14H20FN3O5S/c1-10-8-17(9-11(2)23-10)24(21,22)6-5-16-14-4-3-12(18(19)20)7-13(14)15/h3-4,7,10-11,16H,5-6,8-9H2,1-2H3/t10-,11-/m1/s1. The summed E-state index contributed by atoms with van der Waals surface area (Å²) in [6.07, 6.45) is -0.354. The molecule has 1 saturated heterocycles. The Hall–Kier alpha value is -1.78. The molecule has 2 atom stereocenters. The predicted octanol–water partition coefficient (Wildman–Crippen LogP) is 1.58. The van der Waals surface area contributed by atoms with E-state index < -0.39 is 20.8 Å². The molecular weight excluding hydrogens is 341 g/mol. The van der Waals surface area contributed by atoms with Crippen molar-refractivity contribution in [3.05, 3.63) is 34.1 Å². The number of halogens is 1. The van der Waals surface area contributed by atoms with E-state index in [-0.39, 0.29) is 35.9 Å². The van der Waals surface area contributed by atoms with Crippen molar-refractivity contribution in [2.75, 3.05) is 30.7 Å². The lowest BCUT2D eigenvalue weighted by Gasteiger charge is -2.34. The van der Waals surface area contributed by atoms with Crippen molar-refractivity contribution >= 4 is 21.4 Å². The van der Waals surface area contributed by atoms with E-state index >= 15 is 0 Å². The van der Waals surface area contributed by atoms with Crippen molar-refractivity contribution < 1.29 is 22.5 Å². The number of non-ortho nitro benzene ring substituents is 1. The Kier molecular flexibility index (Phi) is 5.73. The van der Waals surface area contributed by atoms with Crippen LogP contribution < -0.4 is 5.32 Å². The maximum atomic E-state index is 13.7. The number of ether oxygens (including phenoxy) is 1. The SMILES string of the molecule is C[C@@H]1CN(S(=O)(=O)CCNc2ccc([N+](=O)[O-])cc2F)C[C@@H](C)O1. The summed E-state index contributed by atoms with van der Waals surface area (Å²) >= 11 is 0. The number of nitro groups is 1. The van der Waals surface area contributed by atoms with Crippen LogP contribution in [-0.4, -0.2) is 55.2 Å². The van der Waals surface area contributed by atoms with Gasteiger partial charge in [-0.3, -0.25) is 10.1 Å². The third-order valence-electron chi connectivity index (χ3n) is 3.62. The van der Waals surface area contributed by atoms with Crippen LogP contribution in [-0.2, 0) is 14.8 Å². The first-order valence-corrected chi connectivity index (χ1v) is 9.11. The van der Waals surface area contributed by atoms with E-state index in [1.807, 2.05) is 13.8 Å². The van der Waals surface area contributed by atoms with Crippen LogP contribution in [0.3, 0.4) is 0 Å². The summed E-state index contributed by atoms with van der Waals surface area (Å²) in [7, 11) is -3.49.